The first-order chi connectivity index (χ1) is 10.6. The number of amides is 1. The van der Waals surface area contributed by atoms with E-state index in [-0.39, 0.29) is 17.6 Å². The van der Waals surface area contributed by atoms with Crippen LogP contribution >= 0.6 is 11.6 Å². The number of aromatic nitrogens is 3. The molecule has 0 aliphatic heterocycles. The average Bonchev–Trinajstić information content (AvgIpc) is 3.22. The number of hydrogen-bond donors (Lipinski definition) is 1. The first kappa shape index (κ1) is 14.0. The molecule has 1 amide bonds. The number of hydrogen-bond acceptors (Lipinski definition) is 3. The Labute approximate surface area is 134 Å². The highest BCUT2D eigenvalue weighted by molar-refractivity contribution is 6.36. The Morgan fingerprint density at radius 1 is 1.45 bits per heavy atom. The van der Waals surface area contributed by atoms with Gasteiger partial charge in [-0.1, -0.05) is 18.0 Å². The molecule has 4 atom stereocenters. The van der Waals surface area contributed by atoms with Gasteiger partial charge in [0.2, 0.25) is 0 Å². The molecule has 5 nitrogen and oxygen atoms in total. The van der Waals surface area contributed by atoms with E-state index in [2.05, 4.69) is 22.3 Å². The Hall–Kier alpha value is -1.62. The fourth-order valence-electron chi connectivity index (χ4n) is 4.29. The zero-order valence-electron chi connectivity index (χ0n) is 12.5. The molecule has 2 fully saturated rings. The predicted octanol–water partition coefficient (Wildman–Crippen LogP) is 2.94. The van der Waals surface area contributed by atoms with Crippen LogP contribution < -0.4 is 5.32 Å². The van der Waals surface area contributed by atoms with E-state index in [1.54, 1.807) is 23.0 Å². The molecule has 22 heavy (non-hydrogen) atoms. The molecule has 2 aromatic heterocycles. The van der Waals surface area contributed by atoms with Gasteiger partial charge >= 0.3 is 0 Å². The van der Waals surface area contributed by atoms with Gasteiger partial charge < -0.3 is 5.32 Å². The van der Waals surface area contributed by atoms with Crippen LogP contribution in [0.5, 0.6) is 0 Å². The minimum Gasteiger partial charge on any atom is -0.348 e. The van der Waals surface area contributed by atoms with Crippen LogP contribution in [0.15, 0.2) is 18.5 Å². The molecule has 0 saturated heterocycles. The second kappa shape index (κ2) is 5.23. The second-order valence-electron chi connectivity index (χ2n) is 6.65. The molecule has 2 bridgehead atoms. The van der Waals surface area contributed by atoms with Gasteiger partial charge in [-0.3, -0.25) is 4.79 Å². The summed E-state index contributed by atoms with van der Waals surface area (Å²) < 4.78 is 1.54. The van der Waals surface area contributed by atoms with Gasteiger partial charge in [-0.15, -0.1) is 0 Å². The lowest BCUT2D eigenvalue weighted by molar-refractivity contribution is 0.0910. The van der Waals surface area contributed by atoms with E-state index in [1.807, 2.05) is 0 Å². The molecule has 2 aliphatic rings. The van der Waals surface area contributed by atoms with Gasteiger partial charge in [-0.25, -0.2) is 9.50 Å². The van der Waals surface area contributed by atoms with Gasteiger partial charge in [0, 0.05) is 18.4 Å². The van der Waals surface area contributed by atoms with Crippen molar-refractivity contribution in [2.75, 3.05) is 0 Å². The molecule has 4 rings (SSSR count). The Morgan fingerprint density at radius 3 is 3.00 bits per heavy atom. The Balaban J connectivity index is 1.52. The van der Waals surface area contributed by atoms with Crippen molar-refractivity contribution in [3.05, 3.63) is 29.2 Å². The monoisotopic (exact) mass is 318 g/mol. The molecule has 2 aromatic rings. The van der Waals surface area contributed by atoms with E-state index in [0.717, 1.165) is 11.8 Å². The highest BCUT2D eigenvalue weighted by Gasteiger charge is 2.42. The molecule has 2 aliphatic carbocycles. The minimum absolute atomic E-state index is 0.164. The van der Waals surface area contributed by atoms with Gasteiger partial charge in [-0.05, 0) is 50.0 Å². The molecule has 0 radical (unpaired) electrons. The summed E-state index contributed by atoms with van der Waals surface area (Å²) in [6, 6.07) is 1.92. The van der Waals surface area contributed by atoms with Crippen LogP contribution in [0.4, 0.5) is 0 Å². The maximum atomic E-state index is 12.5. The average molecular weight is 319 g/mol. The van der Waals surface area contributed by atoms with E-state index < -0.39 is 0 Å². The first-order valence-electron chi connectivity index (χ1n) is 7.93. The van der Waals surface area contributed by atoms with Crippen LogP contribution in [0, 0.1) is 17.8 Å². The Bertz CT molecular complexity index is 728. The van der Waals surface area contributed by atoms with E-state index >= 15 is 0 Å². The van der Waals surface area contributed by atoms with E-state index in [0.29, 0.717) is 16.6 Å². The summed E-state index contributed by atoms with van der Waals surface area (Å²) in [4.78, 5) is 16.7. The van der Waals surface area contributed by atoms with Crippen molar-refractivity contribution in [1.82, 2.24) is 19.9 Å². The summed E-state index contributed by atoms with van der Waals surface area (Å²) in [5.41, 5.74) is 0.775. The molecule has 0 spiro atoms. The van der Waals surface area contributed by atoms with Gasteiger partial charge in [0.05, 0.1) is 0 Å². The van der Waals surface area contributed by atoms with Crippen molar-refractivity contribution in [3.8, 4) is 0 Å². The topological polar surface area (TPSA) is 59.3 Å². The van der Waals surface area contributed by atoms with Gasteiger partial charge in [0.25, 0.3) is 5.91 Å². The molecule has 6 heteroatoms. The van der Waals surface area contributed by atoms with Crippen molar-refractivity contribution in [2.45, 2.75) is 38.6 Å². The smallest absolute Gasteiger partial charge is 0.273 e. The maximum Gasteiger partial charge on any atom is 0.273 e. The predicted molar refractivity (Wildman–Crippen MR) is 83.9 cm³/mol. The van der Waals surface area contributed by atoms with E-state index in [1.165, 1.54) is 25.7 Å². The van der Waals surface area contributed by atoms with Crippen molar-refractivity contribution >= 4 is 23.2 Å². The van der Waals surface area contributed by atoms with Gasteiger partial charge in [0.15, 0.2) is 11.3 Å². The number of nitrogens with zero attached hydrogens (tertiary/aromatic N) is 3. The third kappa shape index (κ3) is 2.19. The summed E-state index contributed by atoms with van der Waals surface area (Å²) in [5.74, 6) is 2.04. The number of carbonyl (C=O) groups is 1. The fraction of sp³-hybridized carbons (Fsp3) is 0.562. The number of nitrogens with one attached hydrogen (secondary N) is 1. The van der Waals surface area contributed by atoms with Crippen molar-refractivity contribution in [1.29, 1.82) is 0 Å². The SMILES string of the molecule is C[C@H](NC(=O)c1nn2cccnc2c1Cl)[C@@H]1C[C@@H]2CC[C@@H]1C2. The zero-order chi connectivity index (χ0) is 15.3. The third-order valence-corrected chi connectivity index (χ3v) is 5.70. The molecule has 1 N–H and O–H groups in total. The quantitative estimate of drug-likeness (QED) is 0.946. The Kier molecular flexibility index (Phi) is 3.33. The van der Waals surface area contributed by atoms with Crippen molar-refractivity contribution < 1.29 is 4.79 Å². The maximum absolute atomic E-state index is 12.5. The molecular formula is C16H19ClN4O. The normalized spacial score (nSPS) is 28.2. The number of halogens is 1. The van der Waals surface area contributed by atoms with Crippen LogP contribution in [-0.2, 0) is 0 Å². The van der Waals surface area contributed by atoms with Crippen LogP contribution in [0.2, 0.25) is 5.02 Å². The van der Waals surface area contributed by atoms with Gasteiger partial charge in [-0.2, -0.15) is 5.10 Å². The van der Waals surface area contributed by atoms with Crippen LogP contribution in [0.3, 0.4) is 0 Å². The summed E-state index contributed by atoms with van der Waals surface area (Å²) in [6.45, 7) is 2.10. The number of rotatable bonds is 3. The molecule has 116 valence electrons. The summed E-state index contributed by atoms with van der Waals surface area (Å²) >= 11 is 6.25. The highest BCUT2D eigenvalue weighted by atomic mass is 35.5. The van der Waals surface area contributed by atoms with Gasteiger partial charge in [0.1, 0.15) is 5.02 Å². The minimum atomic E-state index is -0.203. The third-order valence-electron chi connectivity index (χ3n) is 5.35. The highest BCUT2D eigenvalue weighted by Crippen LogP contribution is 2.49. The number of fused-ring (bicyclic) bond motifs is 3. The fourth-order valence-corrected chi connectivity index (χ4v) is 4.55. The van der Waals surface area contributed by atoms with Crippen LogP contribution in [0.25, 0.3) is 5.65 Å². The Morgan fingerprint density at radius 2 is 2.32 bits per heavy atom. The molecule has 2 saturated carbocycles. The lowest BCUT2D eigenvalue weighted by Gasteiger charge is -2.28. The zero-order valence-corrected chi connectivity index (χ0v) is 13.3. The molecule has 0 aromatic carbocycles. The lowest BCUT2D eigenvalue weighted by atomic mass is 9.84. The lowest BCUT2D eigenvalue weighted by Crippen LogP contribution is -2.40. The number of carbonyl (C=O) groups excluding carboxylic acids is 1. The standard InChI is InChI=1S/C16H19ClN4O/c1-9(12-8-10-3-4-11(12)7-10)19-16(22)14-13(17)15-18-5-2-6-21(15)20-14/h2,5-6,9-12H,3-4,7-8H2,1H3,(H,19,22)/t9-,10+,11+,12-/m0/s1. The summed E-state index contributed by atoms with van der Waals surface area (Å²) in [6.07, 6.45) is 8.64. The van der Waals surface area contributed by atoms with Crippen LogP contribution in [-0.4, -0.2) is 26.5 Å². The summed E-state index contributed by atoms with van der Waals surface area (Å²) in [5, 5.41) is 7.67. The van der Waals surface area contributed by atoms with E-state index in [9.17, 15) is 4.79 Å². The largest absolute Gasteiger partial charge is 0.348 e. The molecular weight excluding hydrogens is 300 g/mol. The molecule has 2 heterocycles. The molecule has 0 unspecified atom stereocenters. The van der Waals surface area contributed by atoms with Crippen molar-refractivity contribution in [3.63, 3.8) is 0 Å². The second-order valence-corrected chi connectivity index (χ2v) is 7.03. The van der Waals surface area contributed by atoms with Crippen molar-refractivity contribution in [2.24, 2.45) is 17.8 Å². The summed E-state index contributed by atoms with van der Waals surface area (Å²) in [7, 11) is 0. The first-order valence-corrected chi connectivity index (χ1v) is 8.31. The van der Waals surface area contributed by atoms with E-state index in [4.69, 9.17) is 11.6 Å². The van der Waals surface area contributed by atoms with Crippen LogP contribution in [0.1, 0.15) is 43.1 Å².